The van der Waals surface area contributed by atoms with Crippen LogP contribution >= 0.6 is 0 Å². The molecule has 7 nitrogen and oxygen atoms in total. The molecule has 0 unspecified atom stereocenters. The van der Waals surface area contributed by atoms with E-state index in [1.807, 2.05) is 24.3 Å². The van der Waals surface area contributed by atoms with Gasteiger partial charge in [-0.2, -0.15) is 0 Å². The minimum atomic E-state index is -0.00547. The van der Waals surface area contributed by atoms with E-state index in [1.54, 1.807) is 0 Å². The standard InChI is InChI=1S/C86H56BN7/c1-7-26-57(27-8-1)62-46-48-78-69(51-62)68-40-19-22-43-77(68)94(78)79-49-47-63(75-55-73(58-28-9-2-10-29-58)88-85(90-75)60-32-13-4-14-33-60)52-70(79)76-56-74(59-30-11-3-12-31-59)89-86(91-76)64-35-25-34-61(50-64)65-53-82-84-83(54-65)93(67-38-17-6-18-39-67)81-45-24-21-42-72(81)87(84)71-41-20-23-44-80(71)92(82)66-36-15-5-16-37-66/h1-56H. The van der Waals surface area contributed by atoms with E-state index in [2.05, 4.69) is 330 Å². The molecule has 5 heterocycles. The SMILES string of the molecule is c1ccc(-c2ccc3c(c2)c2ccccc2n3-c2ccc(-c3cc(-c4ccccc4)nc(-c4ccccc4)n3)cc2-c2cc(-c3ccccc3)nc(-c3cccc(-c4cc5c6c(c4)N(c4ccccc4)c4ccccc4B6c4ccccc4N5c4ccccc4)c3)n2)cc1. The third-order valence-electron chi connectivity index (χ3n) is 18.6. The zero-order valence-electron chi connectivity index (χ0n) is 51.0. The lowest BCUT2D eigenvalue weighted by atomic mass is 9.33. The van der Waals surface area contributed by atoms with Gasteiger partial charge in [0.15, 0.2) is 11.6 Å². The van der Waals surface area contributed by atoms with Crippen molar-refractivity contribution < 1.29 is 0 Å². The summed E-state index contributed by atoms with van der Waals surface area (Å²) in [4.78, 5) is 26.9. The maximum Gasteiger partial charge on any atom is 0.252 e. The van der Waals surface area contributed by atoms with Gasteiger partial charge in [-0.15, -0.1) is 0 Å². The van der Waals surface area contributed by atoms with Gasteiger partial charge in [-0.25, -0.2) is 19.9 Å². The zero-order chi connectivity index (χ0) is 62.1. The van der Waals surface area contributed by atoms with Gasteiger partial charge in [-0.05, 0) is 136 Å². The van der Waals surface area contributed by atoms with Crippen LogP contribution in [0.1, 0.15) is 0 Å². The second-order valence-electron chi connectivity index (χ2n) is 24.1. The van der Waals surface area contributed by atoms with Gasteiger partial charge >= 0.3 is 0 Å². The van der Waals surface area contributed by atoms with Gasteiger partial charge in [0.25, 0.3) is 6.71 Å². The molecule has 94 heavy (non-hydrogen) atoms. The summed E-state index contributed by atoms with van der Waals surface area (Å²) >= 11 is 0. The number of benzene rings is 13. The van der Waals surface area contributed by atoms with Crippen molar-refractivity contribution in [2.24, 2.45) is 0 Å². The molecule has 16 aromatic rings. The summed E-state index contributed by atoms with van der Waals surface area (Å²) in [5, 5.41) is 2.32. The Balaban J connectivity index is 0.864. The molecule has 0 bridgehead atoms. The predicted molar refractivity (Wildman–Crippen MR) is 389 cm³/mol. The summed E-state index contributed by atoms with van der Waals surface area (Å²) in [6.07, 6.45) is 0. The van der Waals surface area contributed by atoms with Crippen LogP contribution < -0.4 is 26.2 Å². The monoisotopic (exact) mass is 1200 g/mol. The molecule has 18 rings (SSSR count). The number of hydrogen-bond donors (Lipinski definition) is 0. The smallest absolute Gasteiger partial charge is 0.252 e. The number of rotatable bonds is 11. The Bertz CT molecular complexity index is 5400. The number of nitrogens with zero attached hydrogens (tertiary/aromatic N) is 7. The number of hydrogen-bond acceptors (Lipinski definition) is 6. The van der Waals surface area contributed by atoms with Gasteiger partial charge in [-0.1, -0.05) is 243 Å². The first-order valence-corrected chi connectivity index (χ1v) is 32.0. The number of aromatic nitrogens is 5. The van der Waals surface area contributed by atoms with Crippen molar-refractivity contribution in [3.05, 3.63) is 340 Å². The lowest BCUT2D eigenvalue weighted by Gasteiger charge is -2.44. The van der Waals surface area contributed by atoms with Crippen LogP contribution in [0.25, 0.3) is 118 Å². The van der Waals surface area contributed by atoms with Crippen LogP contribution in [0.15, 0.2) is 340 Å². The van der Waals surface area contributed by atoms with Crippen LogP contribution in [0, 0.1) is 0 Å². The van der Waals surface area contributed by atoms with Crippen molar-refractivity contribution in [2.75, 3.05) is 9.80 Å². The molecular weight excluding hydrogens is 1140 g/mol. The molecule has 0 fully saturated rings. The highest BCUT2D eigenvalue weighted by atomic mass is 15.2. The third kappa shape index (κ3) is 9.38. The molecule has 8 heteroatoms. The van der Waals surface area contributed by atoms with Crippen LogP contribution in [0.2, 0.25) is 0 Å². The molecular formula is C86H56BN7. The molecule has 0 radical (unpaired) electrons. The molecule has 2 aliphatic rings. The molecule has 0 saturated heterocycles. The van der Waals surface area contributed by atoms with Crippen LogP contribution in [0.4, 0.5) is 34.1 Å². The fourth-order valence-electron chi connectivity index (χ4n) is 14.3. The average Bonchev–Trinajstić information content (AvgIpc) is 0.817. The molecule has 13 aromatic carbocycles. The molecule has 0 N–H and O–H groups in total. The number of fused-ring (bicyclic) bond motifs is 7. The molecule has 0 atom stereocenters. The van der Waals surface area contributed by atoms with Crippen LogP contribution in [-0.2, 0) is 0 Å². The van der Waals surface area contributed by atoms with Crippen molar-refractivity contribution in [3.8, 4) is 95.7 Å². The second-order valence-corrected chi connectivity index (χ2v) is 24.1. The quantitative estimate of drug-likeness (QED) is 0.120. The maximum absolute atomic E-state index is 5.79. The fraction of sp³-hybridized carbons (Fsp3) is 0. The van der Waals surface area contributed by atoms with Crippen LogP contribution in [-0.4, -0.2) is 31.2 Å². The van der Waals surface area contributed by atoms with E-state index in [-0.39, 0.29) is 6.71 Å². The maximum atomic E-state index is 5.79. The molecule has 0 spiro atoms. The van der Waals surface area contributed by atoms with Crippen molar-refractivity contribution in [2.45, 2.75) is 0 Å². The highest BCUT2D eigenvalue weighted by Gasteiger charge is 2.43. The van der Waals surface area contributed by atoms with E-state index in [0.717, 1.165) is 123 Å². The van der Waals surface area contributed by atoms with Gasteiger partial charge in [0, 0.05) is 78.3 Å². The van der Waals surface area contributed by atoms with Crippen molar-refractivity contribution in [3.63, 3.8) is 0 Å². The van der Waals surface area contributed by atoms with Gasteiger partial charge in [-0.3, -0.25) is 0 Å². The third-order valence-corrected chi connectivity index (χ3v) is 18.6. The minimum absolute atomic E-state index is 0.00547. The zero-order valence-corrected chi connectivity index (χ0v) is 51.0. The van der Waals surface area contributed by atoms with Gasteiger partial charge in [0.05, 0.1) is 39.5 Å². The summed E-state index contributed by atoms with van der Waals surface area (Å²) in [6.45, 7) is -0.00547. The van der Waals surface area contributed by atoms with Crippen molar-refractivity contribution >= 4 is 79.0 Å². The molecule has 0 saturated carbocycles. The Labute approximate surface area is 545 Å². The number of para-hydroxylation sites is 5. The van der Waals surface area contributed by atoms with E-state index >= 15 is 0 Å². The summed E-state index contributed by atoms with van der Waals surface area (Å²) in [7, 11) is 0. The second kappa shape index (κ2) is 22.8. The average molecular weight is 1200 g/mol. The highest BCUT2D eigenvalue weighted by molar-refractivity contribution is 7.00. The normalized spacial score (nSPS) is 12.2. The Morgan fingerprint density at radius 1 is 0.234 bits per heavy atom. The van der Waals surface area contributed by atoms with Crippen LogP contribution in [0.5, 0.6) is 0 Å². The lowest BCUT2D eigenvalue weighted by molar-refractivity contribution is 1.15. The Morgan fingerprint density at radius 2 is 0.670 bits per heavy atom. The van der Waals surface area contributed by atoms with E-state index in [4.69, 9.17) is 19.9 Å². The molecule has 2 aliphatic heterocycles. The Morgan fingerprint density at radius 3 is 1.28 bits per heavy atom. The summed E-state index contributed by atoms with van der Waals surface area (Å²) < 4.78 is 2.41. The lowest BCUT2D eigenvalue weighted by Crippen LogP contribution is -2.61. The number of anilines is 6. The van der Waals surface area contributed by atoms with E-state index in [1.165, 1.54) is 33.3 Å². The first-order chi connectivity index (χ1) is 46.6. The highest BCUT2D eigenvalue weighted by Crippen LogP contribution is 2.47. The van der Waals surface area contributed by atoms with Crippen molar-refractivity contribution in [1.82, 2.24) is 24.5 Å². The van der Waals surface area contributed by atoms with E-state index in [9.17, 15) is 0 Å². The van der Waals surface area contributed by atoms with Crippen molar-refractivity contribution in [1.29, 1.82) is 0 Å². The van der Waals surface area contributed by atoms with E-state index < -0.39 is 0 Å². The Hall–Kier alpha value is -12.5. The predicted octanol–water partition coefficient (Wildman–Crippen LogP) is 19.8. The van der Waals surface area contributed by atoms with Gasteiger partial charge in [0.1, 0.15) is 0 Å². The summed E-state index contributed by atoms with van der Waals surface area (Å²) in [6, 6.07) is 121. The topological polar surface area (TPSA) is 63.0 Å². The summed E-state index contributed by atoms with van der Waals surface area (Å²) in [5.74, 6) is 1.25. The fourth-order valence-corrected chi connectivity index (χ4v) is 14.3. The largest absolute Gasteiger partial charge is 0.311 e. The molecule has 0 amide bonds. The van der Waals surface area contributed by atoms with Gasteiger partial charge in [0.2, 0.25) is 0 Å². The Kier molecular flexibility index (Phi) is 13.2. The first kappa shape index (κ1) is 54.4. The first-order valence-electron chi connectivity index (χ1n) is 32.0. The summed E-state index contributed by atoms with van der Waals surface area (Å²) in [5.41, 5.74) is 27.0. The molecule has 438 valence electrons. The van der Waals surface area contributed by atoms with Crippen LogP contribution in [0.3, 0.4) is 0 Å². The van der Waals surface area contributed by atoms with Gasteiger partial charge < -0.3 is 14.4 Å². The minimum Gasteiger partial charge on any atom is -0.311 e. The van der Waals surface area contributed by atoms with E-state index in [0.29, 0.717) is 11.6 Å². The molecule has 0 aliphatic carbocycles. The molecule has 3 aromatic heterocycles.